The van der Waals surface area contributed by atoms with E-state index < -0.39 is 0 Å². The predicted octanol–water partition coefficient (Wildman–Crippen LogP) is 4.75. The van der Waals surface area contributed by atoms with Crippen LogP contribution in [0.5, 0.6) is 0 Å². The Balaban J connectivity index is 1.70. The molecule has 1 unspecified atom stereocenters. The molecule has 2 aliphatic rings. The summed E-state index contributed by atoms with van der Waals surface area (Å²) in [5, 5.41) is 9.62. The molecule has 5 nitrogen and oxygen atoms in total. The molecule has 1 aromatic carbocycles. The van der Waals surface area contributed by atoms with Gasteiger partial charge in [-0.25, -0.2) is 4.39 Å². The van der Waals surface area contributed by atoms with Crippen molar-refractivity contribution in [3.63, 3.8) is 0 Å². The summed E-state index contributed by atoms with van der Waals surface area (Å²) in [5.41, 5.74) is 1.36. The first-order valence-electron chi connectivity index (χ1n) is 12.3. The van der Waals surface area contributed by atoms with Crippen molar-refractivity contribution in [1.29, 1.82) is 0 Å². The fraction of sp³-hybridized carbons (Fsp3) is 0.615. The van der Waals surface area contributed by atoms with Crippen LogP contribution in [-0.2, 0) is 9.59 Å². The first-order chi connectivity index (χ1) is 15.6. The lowest BCUT2D eigenvalue weighted by molar-refractivity contribution is -0.137. The third-order valence-electron chi connectivity index (χ3n) is 6.61. The van der Waals surface area contributed by atoms with Gasteiger partial charge >= 0.3 is 0 Å². The van der Waals surface area contributed by atoms with Crippen molar-refractivity contribution in [1.82, 2.24) is 9.80 Å². The van der Waals surface area contributed by atoms with Gasteiger partial charge in [0.25, 0.3) is 11.8 Å². The number of amides is 2. The molecule has 1 aromatic rings. The van der Waals surface area contributed by atoms with Crippen LogP contribution in [0.25, 0.3) is 5.57 Å². The highest BCUT2D eigenvalue weighted by Crippen LogP contribution is 2.34. The number of aliphatic hydroxyl groups excluding tert-OH is 1. The van der Waals surface area contributed by atoms with Gasteiger partial charge in [0.05, 0.1) is 5.57 Å². The van der Waals surface area contributed by atoms with E-state index in [0.717, 1.165) is 32.1 Å². The van der Waals surface area contributed by atoms with Crippen LogP contribution in [0.2, 0.25) is 0 Å². The molecule has 0 aromatic heterocycles. The molecular formula is C26H37FN2O3. The molecule has 1 saturated heterocycles. The van der Waals surface area contributed by atoms with Crippen molar-refractivity contribution >= 4 is 17.4 Å². The van der Waals surface area contributed by atoms with Crippen LogP contribution in [0.1, 0.15) is 76.7 Å². The number of likely N-dealkylation sites (tertiary alicyclic amines) is 1. The summed E-state index contributed by atoms with van der Waals surface area (Å²) in [6.45, 7) is 3.93. The number of benzene rings is 1. The zero-order valence-electron chi connectivity index (χ0n) is 19.3. The molecule has 2 heterocycles. The minimum Gasteiger partial charge on any atom is -0.396 e. The highest BCUT2D eigenvalue weighted by atomic mass is 19.1. The highest BCUT2D eigenvalue weighted by Gasteiger charge is 2.42. The van der Waals surface area contributed by atoms with E-state index in [-0.39, 0.29) is 30.2 Å². The lowest BCUT2D eigenvalue weighted by Crippen LogP contribution is -2.40. The number of carbonyl (C=O) groups is 2. The quantitative estimate of drug-likeness (QED) is 0.373. The lowest BCUT2D eigenvalue weighted by atomic mass is 9.97. The molecule has 3 rings (SSSR count). The van der Waals surface area contributed by atoms with Gasteiger partial charge in [0.1, 0.15) is 11.5 Å². The van der Waals surface area contributed by atoms with Gasteiger partial charge < -0.3 is 10.0 Å². The zero-order valence-corrected chi connectivity index (χ0v) is 19.3. The van der Waals surface area contributed by atoms with E-state index in [2.05, 4.69) is 6.92 Å². The van der Waals surface area contributed by atoms with Crippen LogP contribution in [0, 0.1) is 11.7 Å². The van der Waals surface area contributed by atoms with Gasteiger partial charge in [0.15, 0.2) is 0 Å². The maximum atomic E-state index is 13.5. The number of unbranched alkanes of at least 4 members (excludes halogenated alkanes) is 7. The smallest absolute Gasteiger partial charge is 0.277 e. The van der Waals surface area contributed by atoms with Crippen LogP contribution in [0.15, 0.2) is 30.0 Å². The molecule has 0 aliphatic carbocycles. The van der Waals surface area contributed by atoms with Crippen molar-refractivity contribution in [3.05, 3.63) is 41.3 Å². The molecular weight excluding hydrogens is 407 g/mol. The Bertz CT molecular complexity index is 806. The van der Waals surface area contributed by atoms with Gasteiger partial charge in [0, 0.05) is 26.2 Å². The molecule has 2 aliphatic heterocycles. The Morgan fingerprint density at radius 2 is 1.62 bits per heavy atom. The first-order valence-corrected chi connectivity index (χ1v) is 12.3. The number of hydrogen-bond acceptors (Lipinski definition) is 4. The summed E-state index contributed by atoms with van der Waals surface area (Å²) < 4.78 is 13.5. The highest BCUT2D eigenvalue weighted by molar-refractivity contribution is 6.35. The third-order valence-corrected chi connectivity index (χ3v) is 6.61. The Morgan fingerprint density at radius 3 is 2.28 bits per heavy atom. The number of hydrogen-bond donors (Lipinski definition) is 1. The first kappa shape index (κ1) is 24.4. The second-order valence-electron chi connectivity index (χ2n) is 9.10. The van der Waals surface area contributed by atoms with Crippen LogP contribution in [0.4, 0.5) is 4.39 Å². The number of nitrogens with zero attached hydrogens (tertiary/aromatic N) is 2. The second-order valence-corrected chi connectivity index (χ2v) is 9.10. The maximum absolute atomic E-state index is 13.5. The van der Waals surface area contributed by atoms with E-state index in [0.29, 0.717) is 36.5 Å². The summed E-state index contributed by atoms with van der Waals surface area (Å²) in [7, 11) is 0. The van der Waals surface area contributed by atoms with E-state index in [1.807, 2.05) is 4.90 Å². The molecule has 0 spiro atoms. The van der Waals surface area contributed by atoms with Gasteiger partial charge in [-0.3, -0.25) is 14.5 Å². The van der Waals surface area contributed by atoms with E-state index >= 15 is 0 Å². The van der Waals surface area contributed by atoms with E-state index in [4.69, 9.17) is 0 Å². The minimum atomic E-state index is -0.373. The van der Waals surface area contributed by atoms with Crippen molar-refractivity contribution < 1.29 is 19.1 Å². The third kappa shape index (κ3) is 5.97. The Morgan fingerprint density at radius 1 is 0.969 bits per heavy atom. The number of aliphatic hydroxyl groups is 1. The average Bonchev–Trinajstić information content (AvgIpc) is 3.06. The van der Waals surface area contributed by atoms with E-state index in [1.54, 1.807) is 12.1 Å². The van der Waals surface area contributed by atoms with Crippen LogP contribution < -0.4 is 0 Å². The summed E-state index contributed by atoms with van der Waals surface area (Å²) in [6, 6.07) is 5.80. The Hall–Kier alpha value is -2.21. The largest absolute Gasteiger partial charge is 0.396 e. The molecule has 176 valence electrons. The molecule has 0 saturated carbocycles. The Kier molecular flexibility index (Phi) is 9.27. The van der Waals surface area contributed by atoms with Crippen molar-refractivity contribution in [3.8, 4) is 0 Å². The number of halogens is 1. The summed E-state index contributed by atoms with van der Waals surface area (Å²) in [4.78, 5) is 30.0. The molecule has 0 radical (unpaired) electrons. The van der Waals surface area contributed by atoms with Gasteiger partial charge in [-0.2, -0.15) is 0 Å². The number of piperidine rings is 1. The van der Waals surface area contributed by atoms with Crippen molar-refractivity contribution in [2.75, 3.05) is 26.2 Å². The van der Waals surface area contributed by atoms with Gasteiger partial charge in [-0.1, -0.05) is 64.0 Å². The predicted molar refractivity (Wildman–Crippen MR) is 124 cm³/mol. The monoisotopic (exact) mass is 444 g/mol. The van der Waals surface area contributed by atoms with Crippen LogP contribution in [-0.4, -0.2) is 53.0 Å². The Labute approximate surface area is 191 Å². The topological polar surface area (TPSA) is 60.9 Å². The number of imide groups is 1. The fourth-order valence-corrected chi connectivity index (χ4v) is 4.76. The maximum Gasteiger partial charge on any atom is 0.277 e. The van der Waals surface area contributed by atoms with Crippen molar-refractivity contribution in [2.45, 2.75) is 71.1 Å². The SMILES string of the molecule is CCCCCCCCCCN1C(=O)C(c2ccc(F)cc2)=C(N2CCCC(CO)C2)C1=O. The van der Waals surface area contributed by atoms with Crippen LogP contribution in [0.3, 0.4) is 0 Å². The standard InChI is InChI=1S/C26H37FN2O3/c1-2-3-4-5-6-7-8-9-17-29-25(31)23(21-12-14-22(27)15-13-21)24(26(29)32)28-16-10-11-20(18-28)19-30/h12-15,20,30H,2-11,16-19H2,1H3. The van der Waals surface area contributed by atoms with E-state index in [9.17, 15) is 19.1 Å². The van der Waals surface area contributed by atoms with Gasteiger partial charge in [-0.05, 0) is 42.9 Å². The molecule has 1 atom stereocenters. The van der Waals surface area contributed by atoms with Gasteiger partial charge in [0.2, 0.25) is 0 Å². The van der Waals surface area contributed by atoms with Gasteiger partial charge in [-0.15, -0.1) is 0 Å². The summed E-state index contributed by atoms with van der Waals surface area (Å²) in [5.74, 6) is -0.821. The molecule has 1 N–H and O–H groups in total. The average molecular weight is 445 g/mol. The zero-order chi connectivity index (χ0) is 22.9. The summed E-state index contributed by atoms with van der Waals surface area (Å²) in [6.07, 6.45) is 10.9. The summed E-state index contributed by atoms with van der Waals surface area (Å²) >= 11 is 0. The van der Waals surface area contributed by atoms with E-state index in [1.165, 1.54) is 49.1 Å². The molecule has 1 fully saturated rings. The number of carbonyl (C=O) groups excluding carboxylic acids is 2. The minimum absolute atomic E-state index is 0.0692. The molecule has 2 amide bonds. The normalized spacial score (nSPS) is 19.4. The number of rotatable bonds is 12. The second kappa shape index (κ2) is 12.1. The van der Waals surface area contributed by atoms with Crippen LogP contribution >= 0.6 is 0 Å². The molecule has 6 heteroatoms. The fourth-order valence-electron chi connectivity index (χ4n) is 4.76. The molecule has 32 heavy (non-hydrogen) atoms. The lowest BCUT2D eigenvalue weighted by Gasteiger charge is -2.34. The molecule has 0 bridgehead atoms. The van der Waals surface area contributed by atoms with Crippen molar-refractivity contribution in [2.24, 2.45) is 5.92 Å².